The van der Waals surface area contributed by atoms with Gasteiger partial charge in [-0.1, -0.05) is 12.1 Å². The Morgan fingerprint density at radius 3 is 2.62 bits per heavy atom. The Kier molecular flexibility index (Phi) is 6.77. The van der Waals surface area contributed by atoms with Gasteiger partial charge in [-0.25, -0.2) is 8.42 Å². The van der Waals surface area contributed by atoms with Gasteiger partial charge in [0.25, 0.3) is 0 Å². The molecule has 0 aromatic heterocycles. The van der Waals surface area contributed by atoms with E-state index in [-0.39, 0.29) is 53.7 Å². The lowest BCUT2D eigenvalue weighted by atomic mass is 9.94. The summed E-state index contributed by atoms with van der Waals surface area (Å²) >= 11 is 0. The van der Waals surface area contributed by atoms with Gasteiger partial charge >= 0.3 is 6.61 Å². The maximum atomic E-state index is 12.8. The molecule has 0 bridgehead atoms. The molecule has 1 aromatic carbocycles. The predicted octanol–water partition coefficient (Wildman–Crippen LogP) is 2.10. The fourth-order valence-electron chi connectivity index (χ4n) is 3.85. The zero-order valence-electron chi connectivity index (χ0n) is 18.1. The van der Waals surface area contributed by atoms with Crippen LogP contribution in [-0.2, 0) is 19.4 Å². The zero-order chi connectivity index (χ0) is 23.7. The lowest BCUT2D eigenvalue weighted by Gasteiger charge is -2.39. The number of carbonyl (C=O) groups is 1. The number of aliphatic imine (C=N–C) groups is 1. The molecule has 8 nitrogen and oxygen atoms in total. The molecule has 2 heterocycles. The molecule has 1 amide bonds. The number of halogens is 2. The minimum atomic E-state index is -3.10. The van der Waals surface area contributed by atoms with Crippen molar-refractivity contribution >= 4 is 27.2 Å². The van der Waals surface area contributed by atoms with Crippen LogP contribution in [0.2, 0.25) is 0 Å². The lowest BCUT2D eigenvalue weighted by molar-refractivity contribution is -0.128. The number of carbonyl (C=O) groups excluding carboxylic acids is 1. The van der Waals surface area contributed by atoms with Gasteiger partial charge in [0.2, 0.25) is 5.91 Å². The van der Waals surface area contributed by atoms with Crippen LogP contribution in [0.15, 0.2) is 35.0 Å². The van der Waals surface area contributed by atoms with Crippen molar-refractivity contribution in [3.63, 3.8) is 0 Å². The topological polar surface area (TPSA) is 120 Å². The van der Waals surface area contributed by atoms with Gasteiger partial charge < -0.3 is 20.5 Å². The number of nitrogens with zero attached hydrogens (tertiary/aromatic N) is 1. The minimum Gasteiger partial charge on any atom is -0.489 e. The van der Waals surface area contributed by atoms with Crippen LogP contribution in [0.5, 0.6) is 5.75 Å². The van der Waals surface area contributed by atoms with Crippen molar-refractivity contribution in [3.8, 4) is 5.75 Å². The summed E-state index contributed by atoms with van der Waals surface area (Å²) in [5.41, 5.74) is 6.59. The summed E-state index contributed by atoms with van der Waals surface area (Å²) in [5.74, 6) is -0.834. The second-order valence-electron chi connectivity index (χ2n) is 8.61. The standard InChI is InChI=1S/C21H27F2N3O5S/c1-12(2)25-16-8-14(19(27)26-21(3)10-32(28,29)11-21)9-30-18(16)17(24)13-5-4-6-15(7-13)31-20(22)23/h4-7,12,14,20H,8-11,24H2,1-3H3,(H,26,27)/b18-17+,25-16?/t14-/m1/s1. The quantitative estimate of drug-likeness (QED) is 0.656. The van der Waals surface area contributed by atoms with E-state index in [9.17, 15) is 22.0 Å². The van der Waals surface area contributed by atoms with Gasteiger partial charge in [-0.2, -0.15) is 8.78 Å². The Labute approximate surface area is 185 Å². The first-order valence-corrected chi connectivity index (χ1v) is 12.0. The van der Waals surface area contributed by atoms with Crippen LogP contribution in [0.4, 0.5) is 8.78 Å². The Morgan fingerprint density at radius 2 is 2.03 bits per heavy atom. The smallest absolute Gasteiger partial charge is 0.387 e. The highest BCUT2D eigenvalue weighted by Gasteiger charge is 2.47. The third-order valence-corrected chi connectivity index (χ3v) is 7.19. The van der Waals surface area contributed by atoms with Gasteiger partial charge in [0, 0.05) is 18.0 Å². The molecule has 0 radical (unpaired) electrons. The van der Waals surface area contributed by atoms with E-state index in [0.29, 0.717) is 11.3 Å². The molecule has 1 aromatic rings. The summed E-state index contributed by atoms with van der Waals surface area (Å²) in [4.78, 5) is 17.3. The molecule has 0 saturated carbocycles. The van der Waals surface area contributed by atoms with Gasteiger partial charge in [-0.3, -0.25) is 9.79 Å². The van der Waals surface area contributed by atoms with Crippen LogP contribution in [-0.4, -0.2) is 56.3 Å². The van der Waals surface area contributed by atoms with Crippen LogP contribution in [0.1, 0.15) is 32.8 Å². The molecular weight excluding hydrogens is 444 g/mol. The monoisotopic (exact) mass is 471 g/mol. The largest absolute Gasteiger partial charge is 0.489 e. The minimum absolute atomic E-state index is 0.0229. The molecule has 11 heteroatoms. The lowest BCUT2D eigenvalue weighted by Crippen LogP contribution is -2.64. The predicted molar refractivity (Wildman–Crippen MR) is 116 cm³/mol. The van der Waals surface area contributed by atoms with Gasteiger partial charge in [-0.05, 0) is 32.9 Å². The van der Waals surface area contributed by atoms with E-state index in [1.54, 1.807) is 13.0 Å². The Balaban J connectivity index is 1.81. The highest BCUT2D eigenvalue weighted by Crippen LogP contribution is 2.29. The normalized spacial score (nSPS) is 24.6. The number of amides is 1. The SMILES string of the molecule is CC(C)N=C1C[C@@H](C(=O)NC2(C)CS(=O)(=O)C2)CO/C1=C(/N)c1cccc(OC(F)F)c1. The molecule has 0 aliphatic carbocycles. The van der Waals surface area contributed by atoms with Crippen LogP contribution in [0.3, 0.4) is 0 Å². The summed E-state index contributed by atoms with van der Waals surface area (Å²) in [6.45, 7) is 2.48. The van der Waals surface area contributed by atoms with E-state index in [1.165, 1.54) is 18.2 Å². The van der Waals surface area contributed by atoms with Crippen LogP contribution >= 0.6 is 0 Å². The fraction of sp³-hybridized carbons (Fsp3) is 0.524. The van der Waals surface area contributed by atoms with Crippen molar-refractivity contribution in [3.05, 3.63) is 35.6 Å². The molecular formula is C21H27F2N3O5S. The molecule has 2 aliphatic heterocycles. The second kappa shape index (κ2) is 9.05. The molecule has 176 valence electrons. The third-order valence-electron chi connectivity index (χ3n) is 5.03. The molecule has 32 heavy (non-hydrogen) atoms. The number of hydrogen-bond acceptors (Lipinski definition) is 7. The maximum Gasteiger partial charge on any atom is 0.387 e. The number of sulfone groups is 1. The Bertz CT molecular complexity index is 1040. The molecule has 2 fully saturated rings. The molecule has 2 saturated heterocycles. The second-order valence-corrected chi connectivity index (χ2v) is 10.7. The van der Waals surface area contributed by atoms with E-state index in [4.69, 9.17) is 10.5 Å². The number of rotatable bonds is 6. The molecule has 1 atom stereocenters. The van der Waals surface area contributed by atoms with Crippen LogP contribution in [0, 0.1) is 5.92 Å². The molecule has 0 spiro atoms. The van der Waals surface area contributed by atoms with E-state index in [1.807, 2.05) is 13.8 Å². The summed E-state index contributed by atoms with van der Waals surface area (Å²) in [7, 11) is -3.10. The number of nitrogens with two attached hydrogens (primary N) is 1. The molecule has 2 aliphatic rings. The van der Waals surface area contributed by atoms with Gasteiger partial charge in [0.15, 0.2) is 15.6 Å². The van der Waals surface area contributed by atoms with Crippen molar-refractivity contribution in [2.24, 2.45) is 16.6 Å². The highest BCUT2D eigenvalue weighted by atomic mass is 32.2. The first-order valence-electron chi connectivity index (χ1n) is 10.1. The van der Waals surface area contributed by atoms with E-state index < -0.39 is 27.9 Å². The summed E-state index contributed by atoms with van der Waals surface area (Å²) < 4.78 is 58.3. The first kappa shape index (κ1) is 24.0. The van der Waals surface area contributed by atoms with E-state index in [2.05, 4.69) is 15.0 Å². The Morgan fingerprint density at radius 1 is 1.34 bits per heavy atom. The average molecular weight is 472 g/mol. The number of benzene rings is 1. The average Bonchev–Trinajstić information content (AvgIpc) is 2.64. The number of hydrogen-bond donors (Lipinski definition) is 2. The van der Waals surface area contributed by atoms with Gasteiger partial charge in [-0.15, -0.1) is 0 Å². The van der Waals surface area contributed by atoms with Crippen molar-refractivity contribution in [2.75, 3.05) is 18.1 Å². The van der Waals surface area contributed by atoms with E-state index in [0.717, 1.165) is 0 Å². The molecule has 3 rings (SSSR count). The van der Waals surface area contributed by atoms with Crippen molar-refractivity contribution in [2.45, 2.75) is 45.4 Å². The molecule has 3 N–H and O–H groups in total. The van der Waals surface area contributed by atoms with Crippen molar-refractivity contribution in [1.82, 2.24) is 5.32 Å². The number of ether oxygens (including phenoxy) is 2. The van der Waals surface area contributed by atoms with Crippen LogP contribution in [0.25, 0.3) is 5.70 Å². The Hall–Kier alpha value is -2.69. The summed E-state index contributed by atoms with van der Waals surface area (Å²) in [6.07, 6.45) is 0.246. The third kappa shape index (κ3) is 5.76. The number of allylic oxidation sites excluding steroid dienone is 1. The number of alkyl halides is 2. The highest BCUT2D eigenvalue weighted by molar-refractivity contribution is 7.93. The first-order chi connectivity index (χ1) is 14.9. The van der Waals surface area contributed by atoms with Gasteiger partial charge in [0.1, 0.15) is 12.4 Å². The fourth-order valence-corrected chi connectivity index (χ4v) is 5.85. The summed E-state index contributed by atoms with van der Waals surface area (Å²) in [6, 6.07) is 5.82. The zero-order valence-corrected chi connectivity index (χ0v) is 18.9. The maximum absolute atomic E-state index is 12.8. The number of nitrogens with one attached hydrogen (secondary N) is 1. The van der Waals surface area contributed by atoms with Gasteiger partial charge in [0.05, 0.1) is 34.4 Å². The summed E-state index contributed by atoms with van der Waals surface area (Å²) in [5, 5.41) is 2.81. The van der Waals surface area contributed by atoms with Crippen LogP contribution < -0.4 is 15.8 Å². The van der Waals surface area contributed by atoms with E-state index >= 15 is 0 Å². The molecule has 0 unspecified atom stereocenters. The van der Waals surface area contributed by atoms with Crippen molar-refractivity contribution < 1.29 is 31.5 Å². The van der Waals surface area contributed by atoms with Crippen molar-refractivity contribution in [1.29, 1.82) is 0 Å².